The maximum Gasteiger partial charge on any atom is 0.235 e. The molecule has 1 amide bonds. The van der Waals surface area contributed by atoms with Crippen LogP contribution in [-0.2, 0) is 14.9 Å². The number of amides is 1. The Morgan fingerprint density at radius 2 is 1.97 bits per heavy atom. The van der Waals surface area contributed by atoms with Crippen LogP contribution in [-0.4, -0.2) is 66.6 Å². The second kappa shape index (κ2) is 8.59. The molecule has 1 spiro atoms. The molecule has 2 aliphatic heterocycles. The summed E-state index contributed by atoms with van der Waals surface area (Å²) >= 11 is 0. The lowest BCUT2D eigenvalue weighted by atomic mass is 9.91. The molecule has 2 aromatic heterocycles. The first-order chi connectivity index (χ1) is 18.6. The van der Waals surface area contributed by atoms with Crippen molar-refractivity contribution in [3.63, 3.8) is 0 Å². The van der Waals surface area contributed by atoms with Gasteiger partial charge in [0, 0.05) is 30.1 Å². The summed E-state index contributed by atoms with van der Waals surface area (Å²) in [5.74, 6) is 3.19. The Bertz CT molecular complexity index is 1560. The Morgan fingerprint density at radius 1 is 1.11 bits per heavy atom. The summed E-state index contributed by atoms with van der Waals surface area (Å²) in [5, 5.41) is 14.9. The first-order valence-corrected chi connectivity index (χ1v) is 12.6. The number of carbonyl (C=O) groups is 1. The van der Waals surface area contributed by atoms with Crippen LogP contribution in [0, 0.1) is 0 Å². The van der Waals surface area contributed by atoms with Crippen LogP contribution in [0.3, 0.4) is 0 Å². The molecule has 0 bridgehead atoms. The third-order valence-corrected chi connectivity index (χ3v) is 7.80. The van der Waals surface area contributed by atoms with E-state index in [1.54, 1.807) is 20.4 Å². The first-order valence-electron chi connectivity index (χ1n) is 12.6. The summed E-state index contributed by atoms with van der Waals surface area (Å²) in [4.78, 5) is 24.3. The second-order valence-corrected chi connectivity index (χ2v) is 9.78. The summed E-state index contributed by atoms with van der Waals surface area (Å²) in [5.41, 5.74) is 3.28. The van der Waals surface area contributed by atoms with E-state index < -0.39 is 5.41 Å². The van der Waals surface area contributed by atoms with Crippen LogP contribution in [0.5, 0.6) is 11.5 Å². The zero-order valence-electron chi connectivity index (χ0n) is 21.1. The van der Waals surface area contributed by atoms with Gasteiger partial charge in [-0.3, -0.25) is 9.89 Å². The van der Waals surface area contributed by atoms with Crippen LogP contribution in [0.2, 0.25) is 0 Å². The topological polar surface area (TPSA) is 127 Å². The molecule has 2 atom stereocenters. The maximum absolute atomic E-state index is 13.1. The lowest BCUT2D eigenvalue weighted by Crippen LogP contribution is -2.37. The van der Waals surface area contributed by atoms with Crippen molar-refractivity contribution >= 4 is 40.1 Å². The fourth-order valence-corrected chi connectivity index (χ4v) is 5.68. The smallest absolute Gasteiger partial charge is 0.235 e. The fourth-order valence-electron chi connectivity index (χ4n) is 5.68. The molecule has 7 rings (SSSR count). The van der Waals surface area contributed by atoms with E-state index in [1.165, 1.54) is 0 Å². The van der Waals surface area contributed by atoms with Gasteiger partial charge in [-0.05, 0) is 47.9 Å². The van der Waals surface area contributed by atoms with Crippen LogP contribution in [0.4, 0.5) is 23.3 Å². The van der Waals surface area contributed by atoms with E-state index in [0.29, 0.717) is 36.5 Å². The minimum absolute atomic E-state index is 0.0461. The highest BCUT2D eigenvalue weighted by Crippen LogP contribution is 2.65. The number of hydrogen-bond donors (Lipinski definition) is 3. The minimum atomic E-state index is -0.553. The monoisotopic (exact) mass is 513 g/mol. The van der Waals surface area contributed by atoms with Crippen molar-refractivity contribution in [2.75, 3.05) is 56.1 Å². The number of ether oxygens (including phenoxy) is 3. The van der Waals surface area contributed by atoms with Crippen molar-refractivity contribution in [3.05, 3.63) is 53.7 Å². The number of methoxy groups -OCH3 is 2. The van der Waals surface area contributed by atoms with E-state index in [0.717, 1.165) is 53.0 Å². The van der Waals surface area contributed by atoms with Crippen molar-refractivity contribution in [1.29, 1.82) is 0 Å². The lowest BCUT2D eigenvalue weighted by Gasteiger charge is -2.27. The molecule has 194 valence electrons. The largest absolute Gasteiger partial charge is 0.497 e. The summed E-state index contributed by atoms with van der Waals surface area (Å²) < 4.78 is 16.4. The second-order valence-electron chi connectivity index (χ2n) is 9.78. The molecule has 1 saturated carbocycles. The van der Waals surface area contributed by atoms with E-state index in [4.69, 9.17) is 19.2 Å². The molecule has 38 heavy (non-hydrogen) atoms. The Morgan fingerprint density at radius 3 is 2.79 bits per heavy atom. The van der Waals surface area contributed by atoms with Crippen molar-refractivity contribution in [1.82, 2.24) is 20.2 Å². The predicted molar refractivity (Wildman–Crippen MR) is 142 cm³/mol. The van der Waals surface area contributed by atoms with E-state index in [-0.39, 0.29) is 11.8 Å². The zero-order valence-corrected chi connectivity index (χ0v) is 21.1. The van der Waals surface area contributed by atoms with Crippen molar-refractivity contribution in [2.45, 2.75) is 17.8 Å². The molecule has 4 aromatic rings. The van der Waals surface area contributed by atoms with Gasteiger partial charge in [-0.15, -0.1) is 0 Å². The number of anilines is 4. The predicted octanol–water partition coefficient (Wildman–Crippen LogP) is 3.33. The standard InChI is InChI=1S/C27H27N7O4/c1-36-16-4-6-20-18(12-16)27(25(35)29-20)13-19(27)15-3-5-17-21(11-15)32-33-23(17)30-24-22(37-2)14-28-26(31-24)34-7-9-38-10-8-34/h3-6,11-12,14,19H,7-10,13H2,1-2H3,(H,29,35)(H2,28,30,31,32,33)/t19-,27-/m0/s1. The quantitative estimate of drug-likeness (QED) is 0.356. The highest BCUT2D eigenvalue weighted by atomic mass is 16.5. The van der Waals surface area contributed by atoms with Crippen molar-refractivity contribution in [3.8, 4) is 11.5 Å². The average Bonchev–Trinajstić information content (AvgIpc) is 3.51. The molecule has 3 aliphatic rings. The number of rotatable bonds is 6. The minimum Gasteiger partial charge on any atom is -0.497 e. The summed E-state index contributed by atoms with van der Waals surface area (Å²) in [7, 11) is 3.23. The van der Waals surface area contributed by atoms with E-state index in [1.807, 2.05) is 24.3 Å². The van der Waals surface area contributed by atoms with Crippen LogP contribution < -0.4 is 25.0 Å². The van der Waals surface area contributed by atoms with Gasteiger partial charge in [0.15, 0.2) is 17.4 Å². The number of aromatic amines is 1. The van der Waals surface area contributed by atoms with Gasteiger partial charge >= 0.3 is 0 Å². The number of carbonyl (C=O) groups excluding carboxylic acids is 1. The molecule has 11 heteroatoms. The number of nitrogens with one attached hydrogen (secondary N) is 3. The van der Waals surface area contributed by atoms with Crippen molar-refractivity contribution < 1.29 is 19.0 Å². The molecule has 1 saturated heterocycles. The normalized spacial score (nSPS) is 21.9. The number of nitrogens with zero attached hydrogens (tertiary/aromatic N) is 4. The number of benzene rings is 2. The fraction of sp³-hybridized carbons (Fsp3) is 0.333. The SMILES string of the molecule is COc1ccc2c(c1)[C@]1(C[C@H]1c1ccc3c(Nc4nc(N5CCOCC5)ncc4OC)n[nH]c3c1)C(=O)N2. The Kier molecular flexibility index (Phi) is 5.15. The Balaban J connectivity index is 1.17. The molecule has 0 unspecified atom stereocenters. The first kappa shape index (κ1) is 22.8. The van der Waals surface area contributed by atoms with E-state index in [9.17, 15) is 4.79 Å². The van der Waals surface area contributed by atoms with Gasteiger partial charge in [0.25, 0.3) is 0 Å². The maximum atomic E-state index is 13.1. The molecule has 1 aliphatic carbocycles. The third kappa shape index (κ3) is 3.46. The van der Waals surface area contributed by atoms with Crippen LogP contribution >= 0.6 is 0 Å². The van der Waals surface area contributed by atoms with Crippen molar-refractivity contribution in [2.24, 2.45) is 0 Å². The van der Waals surface area contributed by atoms with Gasteiger partial charge in [-0.2, -0.15) is 10.1 Å². The Labute approximate surface area is 218 Å². The van der Waals surface area contributed by atoms with Crippen LogP contribution in [0.15, 0.2) is 42.6 Å². The van der Waals surface area contributed by atoms with Gasteiger partial charge in [0.1, 0.15) is 5.75 Å². The summed E-state index contributed by atoms with van der Waals surface area (Å²) in [6.45, 7) is 2.76. The van der Waals surface area contributed by atoms with Gasteiger partial charge in [0.2, 0.25) is 11.9 Å². The molecule has 2 aromatic carbocycles. The highest BCUT2D eigenvalue weighted by Gasteiger charge is 2.65. The van der Waals surface area contributed by atoms with E-state index >= 15 is 0 Å². The zero-order chi connectivity index (χ0) is 25.9. The molecular formula is C27H27N7O4. The number of hydrogen-bond acceptors (Lipinski definition) is 9. The molecule has 3 N–H and O–H groups in total. The number of H-pyrrole nitrogens is 1. The number of aromatic nitrogens is 4. The average molecular weight is 514 g/mol. The highest BCUT2D eigenvalue weighted by molar-refractivity contribution is 6.10. The van der Waals surface area contributed by atoms with Gasteiger partial charge < -0.3 is 29.7 Å². The van der Waals surface area contributed by atoms with Gasteiger partial charge in [-0.25, -0.2) is 4.98 Å². The van der Waals surface area contributed by atoms with Crippen LogP contribution in [0.25, 0.3) is 10.9 Å². The molecule has 0 radical (unpaired) electrons. The Hall–Kier alpha value is -4.38. The summed E-state index contributed by atoms with van der Waals surface area (Å²) in [6.07, 6.45) is 2.42. The molecule has 11 nitrogen and oxygen atoms in total. The number of fused-ring (bicyclic) bond motifs is 3. The third-order valence-electron chi connectivity index (χ3n) is 7.80. The number of morpholine rings is 1. The molecule has 2 fully saturated rings. The molecule has 4 heterocycles. The van der Waals surface area contributed by atoms with Gasteiger partial charge in [0.05, 0.1) is 44.6 Å². The molecular weight excluding hydrogens is 486 g/mol. The van der Waals surface area contributed by atoms with E-state index in [2.05, 4.69) is 42.8 Å². The van der Waals surface area contributed by atoms with Crippen LogP contribution in [0.1, 0.15) is 23.5 Å². The lowest BCUT2D eigenvalue weighted by molar-refractivity contribution is -0.118. The van der Waals surface area contributed by atoms with Gasteiger partial charge in [-0.1, -0.05) is 6.07 Å². The summed E-state index contributed by atoms with van der Waals surface area (Å²) in [6, 6.07) is 11.9.